The molecule has 1 aromatic rings. The van der Waals surface area contributed by atoms with Gasteiger partial charge in [0.25, 0.3) is 5.91 Å². The molecule has 1 aromatic carbocycles. The van der Waals surface area contributed by atoms with Crippen LogP contribution in [0.4, 0.5) is 0 Å². The first-order chi connectivity index (χ1) is 9.40. The SMILES string of the molecule is CC(C)CCNC(=O)COc1ccc(Cl)cc1C(=O)O. The van der Waals surface area contributed by atoms with Gasteiger partial charge in [0.2, 0.25) is 0 Å². The summed E-state index contributed by atoms with van der Waals surface area (Å²) in [6.07, 6.45) is 0.882. The largest absolute Gasteiger partial charge is 0.483 e. The van der Waals surface area contributed by atoms with Crippen molar-refractivity contribution in [3.8, 4) is 5.75 Å². The molecule has 0 heterocycles. The summed E-state index contributed by atoms with van der Waals surface area (Å²) in [4.78, 5) is 22.6. The van der Waals surface area contributed by atoms with Gasteiger partial charge in [0.1, 0.15) is 11.3 Å². The van der Waals surface area contributed by atoms with E-state index in [-0.39, 0.29) is 23.8 Å². The highest BCUT2D eigenvalue weighted by molar-refractivity contribution is 6.31. The molecule has 0 radical (unpaired) electrons. The van der Waals surface area contributed by atoms with E-state index in [2.05, 4.69) is 19.2 Å². The second-order valence-corrected chi connectivity index (χ2v) is 5.20. The number of carboxylic acid groups (broad SMARTS) is 1. The molecular weight excluding hydrogens is 282 g/mol. The highest BCUT2D eigenvalue weighted by Crippen LogP contribution is 2.22. The monoisotopic (exact) mass is 299 g/mol. The molecule has 0 aliphatic rings. The first kappa shape index (κ1) is 16.3. The van der Waals surface area contributed by atoms with Crippen molar-refractivity contribution in [2.75, 3.05) is 13.2 Å². The Morgan fingerprint density at radius 3 is 2.70 bits per heavy atom. The number of nitrogens with one attached hydrogen (secondary N) is 1. The quantitative estimate of drug-likeness (QED) is 0.811. The molecule has 0 fully saturated rings. The van der Waals surface area contributed by atoms with Crippen LogP contribution in [0, 0.1) is 5.92 Å². The van der Waals surface area contributed by atoms with E-state index in [0.717, 1.165) is 6.42 Å². The number of benzene rings is 1. The minimum Gasteiger partial charge on any atom is -0.483 e. The fraction of sp³-hybridized carbons (Fsp3) is 0.429. The lowest BCUT2D eigenvalue weighted by atomic mass is 10.1. The Morgan fingerprint density at radius 2 is 2.10 bits per heavy atom. The molecule has 0 atom stereocenters. The van der Waals surface area contributed by atoms with Crippen LogP contribution in [0.2, 0.25) is 5.02 Å². The fourth-order valence-corrected chi connectivity index (χ4v) is 1.66. The first-order valence-electron chi connectivity index (χ1n) is 6.32. The van der Waals surface area contributed by atoms with E-state index in [9.17, 15) is 9.59 Å². The van der Waals surface area contributed by atoms with Crippen LogP contribution in [0.15, 0.2) is 18.2 Å². The number of ether oxygens (including phenoxy) is 1. The third-order valence-electron chi connectivity index (χ3n) is 2.57. The normalized spacial score (nSPS) is 10.4. The van der Waals surface area contributed by atoms with Gasteiger partial charge < -0.3 is 15.2 Å². The van der Waals surface area contributed by atoms with Crippen LogP contribution in [0.25, 0.3) is 0 Å². The Hall–Kier alpha value is -1.75. The molecule has 0 saturated heterocycles. The zero-order valence-electron chi connectivity index (χ0n) is 11.5. The van der Waals surface area contributed by atoms with Crippen LogP contribution in [-0.4, -0.2) is 30.1 Å². The molecule has 0 saturated carbocycles. The van der Waals surface area contributed by atoms with E-state index < -0.39 is 5.97 Å². The van der Waals surface area contributed by atoms with Crippen molar-refractivity contribution in [3.05, 3.63) is 28.8 Å². The summed E-state index contributed by atoms with van der Waals surface area (Å²) in [5.41, 5.74) is -0.0625. The van der Waals surface area contributed by atoms with E-state index in [4.69, 9.17) is 21.4 Å². The summed E-state index contributed by atoms with van der Waals surface area (Å²) in [6, 6.07) is 4.24. The maximum Gasteiger partial charge on any atom is 0.339 e. The first-order valence-corrected chi connectivity index (χ1v) is 6.70. The molecule has 0 spiro atoms. The lowest BCUT2D eigenvalue weighted by molar-refractivity contribution is -0.123. The van der Waals surface area contributed by atoms with Crippen LogP contribution in [0.5, 0.6) is 5.75 Å². The maximum atomic E-state index is 11.5. The molecule has 1 rings (SSSR count). The molecule has 0 aliphatic carbocycles. The smallest absolute Gasteiger partial charge is 0.339 e. The minimum atomic E-state index is -1.15. The molecular formula is C14H18ClNO4. The zero-order chi connectivity index (χ0) is 15.1. The third-order valence-corrected chi connectivity index (χ3v) is 2.81. The highest BCUT2D eigenvalue weighted by Gasteiger charge is 2.13. The second-order valence-electron chi connectivity index (χ2n) is 4.77. The number of halogens is 1. The van der Waals surface area contributed by atoms with Crippen molar-refractivity contribution >= 4 is 23.5 Å². The lowest BCUT2D eigenvalue weighted by Gasteiger charge is -2.10. The summed E-state index contributed by atoms with van der Waals surface area (Å²) >= 11 is 5.72. The Morgan fingerprint density at radius 1 is 1.40 bits per heavy atom. The van der Waals surface area contributed by atoms with E-state index in [1.54, 1.807) is 0 Å². The van der Waals surface area contributed by atoms with Gasteiger partial charge in [-0.3, -0.25) is 4.79 Å². The molecule has 0 bridgehead atoms. The minimum absolute atomic E-state index is 0.0625. The van der Waals surface area contributed by atoms with Crippen molar-refractivity contribution < 1.29 is 19.4 Å². The number of hydrogen-bond donors (Lipinski definition) is 2. The predicted octanol–water partition coefficient (Wildman–Crippen LogP) is 2.58. The molecule has 0 aliphatic heterocycles. The van der Waals surface area contributed by atoms with Gasteiger partial charge in [0.15, 0.2) is 6.61 Å². The molecule has 20 heavy (non-hydrogen) atoms. The maximum absolute atomic E-state index is 11.5. The zero-order valence-corrected chi connectivity index (χ0v) is 12.2. The van der Waals surface area contributed by atoms with Gasteiger partial charge in [-0.05, 0) is 30.5 Å². The van der Waals surface area contributed by atoms with E-state index in [0.29, 0.717) is 17.5 Å². The van der Waals surface area contributed by atoms with Crippen molar-refractivity contribution in [1.82, 2.24) is 5.32 Å². The number of carbonyl (C=O) groups is 2. The van der Waals surface area contributed by atoms with Crippen LogP contribution in [-0.2, 0) is 4.79 Å². The molecule has 110 valence electrons. The van der Waals surface area contributed by atoms with Gasteiger partial charge >= 0.3 is 5.97 Å². The molecule has 1 amide bonds. The summed E-state index contributed by atoms with van der Waals surface area (Å²) in [5.74, 6) is -0.799. The topological polar surface area (TPSA) is 75.6 Å². The Balaban J connectivity index is 2.53. The van der Waals surface area contributed by atoms with Crippen LogP contribution < -0.4 is 10.1 Å². The molecule has 6 heteroatoms. The number of carboxylic acids is 1. The van der Waals surface area contributed by atoms with Gasteiger partial charge in [-0.2, -0.15) is 0 Å². The van der Waals surface area contributed by atoms with Crippen LogP contribution in [0.3, 0.4) is 0 Å². The third kappa shape index (κ3) is 5.48. The van der Waals surface area contributed by atoms with Crippen molar-refractivity contribution in [1.29, 1.82) is 0 Å². The van der Waals surface area contributed by atoms with Crippen molar-refractivity contribution in [2.45, 2.75) is 20.3 Å². The van der Waals surface area contributed by atoms with Crippen LogP contribution >= 0.6 is 11.6 Å². The average molecular weight is 300 g/mol. The van der Waals surface area contributed by atoms with Crippen molar-refractivity contribution in [3.63, 3.8) is 0 Å². The summed E-state index contributed by atoms with van der Waals surface area (Å²) in [6.45, 7) is 4.48. The Labute approximate surface area is 122 Å². The van der Waals surface area contributed by atoms with Gasteiger partial charge in [-0.15, -0.1) is 0 Å². The summed E-state index contributed by atoms with van der Waals surface area (Å²) < 4.78 is 5.22. The molecule has 2 N–H and O–H groups in total. The van der Waals surface area contributed by atoms with Gasteiger partial charge in [0.05, 0.1) is 0 Å². The average Bonchev–Trinajstić information content (AvgIpc) is 2.36. The summed E-state index contributed by atoms with van der Waals surface area (Å²) in [7, 11) is 0. The van der Waals surface area contributed by atoms with Crippen LogP contribution in [0.1, 0.15) is 30.6 Å². The molecule has 0 aromatic heterocycles. The number of amides is 1. The number of aromatic carboxylic acids is 1. The Bertz CT molecular complexity index is 488. The highest BCUT2D eigenvalue weighted by atomic mass is 35.5. The standard InChI is InChI=1S/C14H18ClNO4/c1-9(2)5-6-16-13(17)8-20-12-4-3-10(15)7-11(12)14(18)19/h3-4,7,9H,5-6,8H2,1-2H3,(H,16,17)(H,18,19). The second kappa shape index (κ2) is 7.75. The van der Waals surface area contributed by atoms with Gasteiger partial charge in [0, 0.05) is 11.6 Å². The number of rotatable bonds is 7. The summed E-state index contributed by atoms with van der Waals surface area (Å²) in [5, 5.41) is 12.0. The lowest BCUT2D eigenvalue weighted by Crippen LogP contribution is -2.30. The molecule has 5 nitrogen and oxygen atoms in total. The Kier molecular flexibility index (Phi) is 6.31. The van der Waals surface area contributed by atoms with Gasteiger partial charge in [-0.1, -0.05) is 25.4 Å². The number of carbonyl (C=O) groups excluding carboxylic acids is 1. The van der Waals surface area contributed by atoms with E-state index >= 15 is 0 Å². The molecule has 0 unspecified atom stereocenters. The van der Waals surface area contributed by atoms with E-state index in [1.165, 1.54) is 18.2 Å². The predicted molar refractivity (Wildman–Crippen MR) is 76.4 cm³/mol. The number of hydrogen-bond acceptors (Lipinski definition) is 3. The van der Waals surface area contributed by atoms with Crippen molar-refractivity contribution in [2.24, 2.45) is 5.92 Å². The van der Waals surface area contributed by atoms with E-state index in [1.807, 2.05) is 0 Å². The van der Waals surface area contributed by atoms with Gasteiger partial charge in [-0.25, -0.2) is 4.79 Å². The fourth-order valence-electron chi connectivity index (χ4n) is 1.49.